The molecule has 1 aliphatic rings. The summed E-state index contributed by atoms with van der Waals surface area (Å²) >= 11 is 0. The first-order valence-electron chi connectivity index (χ1n) is 6.41. The summed E-state index contributed by atoms with van der Waals surface area (Å²) in [7, 11) is 0. The van der Waals surface area contributed by atoms with Gasteiger partial charge in [0.15, 0.2) is 0 Å². The molecule has 14 heavy (non-hydrogen) atoms. The lowest BCUT2D eigenvalue weighted by Crippen LogP contribution is -2.45. The van der Waals surface area contributed by atoms with Crippen molar-refractivity contribution < 1.29 is 0 Å². The van der Waals surface area contributed by atoms with Crippen LogP contribution in [-0.2, 0) is 0 Å². The Morgan fingerprint density at radius 1 is 1.21 bits per heavy atom. The lowest BCUT2D eigenvalue weighted by Gasteiger charge is -2.34. The lowest BCUT2D eigenvalue weighted by atomic mass is 9.84. The van der Waals surface area contributed by atoms with Gasteiger partial charge >= 0.3 is 0 Å². The molecule has 1 fully saturated rings. The number of rotatable bonds is 4. The second kappa shape index (κ2) is 5.75. The normalized spacial score (nSPS) is 30.6. The van der Waals surface area contributed by atoms with Gasteiger partial charge in [-0.25, -0.2) is 0 Å². The van der Waals surface area contributed by atoms with Crippen LogP contribution in [0.5, 0.6) is 0 Å². The van der Waals surface area contributed by atoms with Gasteiger partial charge in [0.1, 0.15) is 0 Å². The molecule has 0 aromatic rings. The number of hydrogen-bond acceptors (Lipinski definition) is 1. The van der Waals surface area contributed by atoms with Crippen LogP contribution in [0.4, 0.5) is 0 Å². The topological polar surface area (TPSA) is 12.0 Å². The van der Waals surface area contributed by atoms with Crippen molar-refractivity contribution in [3.63, 3.8) is 0 Å². The summed E-state index contributed by atoms with van der Waals surface area (Å²) in [6.07, 6.45) is 6.95. The standard InChI is InChI=1S/C13H27N/c1-5-12(10(2)3)14-13-9-7-6-8-11(13)4/h10-14H,5-9H2,1-4H3/t11-,12+,13-/m1/s1. The van der Waals surface area contributed by atoms with Crippen molar-refractivity contribution >= 4 is 0 Å². The van der Waals surface area contributed by atoms with E-state index in [2.05, 4.69) is 33.0 Å². The van der Waals surface area contributed by atoms with Gasteiger partial charge < -0.3 is 5.32 Å². The summed E-state index contributed by atoms with van der Waals surface area (Å²) in [6, 6.07) is 1.51. The number of nitrogens with one attached hydrogen (secondary N) is 1. The Morgan fingerprint density at radius 2 is 1.86 bits per heavy atom. The molecule has 1 nitrogen and oxygen atoms in total. The van der Waals surface area contributed by atoms with E-state index < -0.39 is 0 Å². The molecule has 0 amide bonds. The van der Waals surface area contributed by atoms with Crippen LogP contribution in [0.2, 0.25) is 0 Å². The largest absolute Gasteiger partial charge is 0.311 e. The van der Waals surface area contributed by atoms with E-state index in [0.717, 1.165) is 23.9 Å². The fourth-order valence-corrected chi connectivity index (χ4v) is 2.62. The molecule has 0 aliphatic heterocycles. The lowest BCUT2D eigenvalue weighted by molar-refractivity contribution is 0.233. The molecule has 0 bridgehead atoms. The van der Waals surface area contributed by atoms with Gasteiger partial charge in [-0.2, -0.15) is 0 Å². The van der Waals surface area contributed by atoms with Crippen LogP contribution in [0.25, 0.3) is 0 Å². The van der Waals surface area contributed by atoms with Crippen LogP contribution >= 0.6 is 0 Å². The van der Waals surface area contributed by atoms with Crippen molar-refractivity contribution in [2.75, 3.05) is 0 Å². The smallest absolute Gasteiger partial charge is 0.00953 e. The minimum absolute atomic E-state index is 0.723. The summed E-state index contributed by atoms with van der Waals surface area (Å²) in [5, 5.41) is 3.85. The van der Waals surface area contributed by atoms with Gasteiger partial charge in [-0.1, -0.05) is 40.5 Å². The molecule has 1 aliphatic carbocycles. The zero-order valence-corrected chi connectivity index (χ0v) is 10.3. The summed E-state index contributed by atoms with van der Waals surface area (Å²) in [6.45, 7) is 9.36. The number of hydrogen-bond donors (Lipinski definition) is 1. The minimum Gasteiger partial charge on any atom is -0.311 e. The monoisotopic (exact) mass is 197 g/mol. The first-order valence-corrected chi connectivity index (χ1v) is 6.41. The van der Waals surface area contributed by atoms with Gasteiger partial charge in [0.25, 0.3) is 0 Å². The van der Waals surface area contributed by atoms with Crippen molar-refractivity contribution in [3.05, 3.63) is 0 Å². The molecule has 0 radical (unpaired) electrons. The summed E-state index contributed by atoms with van der Waals surface area (Å²) in [5.41, 5.74) is 0. The highest BCUT2D eigenvalue weighted by Crippen LogP contribution is 2.25. The highest BCUT2D eigenvalue weighted by Gasteiger charge is 2.24. The first-order chi connectivity index (χ1) is 6.65. The summed E-state index contributed by atoms with van der Waals surface area (Å²) in [4.78, 5) is 0. The molecule has 1 rings (SSSR count). The summed E-state index contributed by atoms with van der Waals surface area (Å²) in [5.74, 6) is 1.66. The molecule has 1 saturated carbocycles. The highest BCUT2D eigenvalue weighted by atomic mass is 15.0. The maximum atomic E-state index is 3.85. The van der Waals surface area contributed by atoms with Gasteiger partial charge in [-0.15, -0.1) is 0 Å². The van der Waals surface area contributed by atoms with Gasteiger partial charge in [0.2, 0.25) is 0 Å². The zero-order valence-electron chi connectivity index (χ0n) is 10.3. The Morgan fingerprint density at radius 3 is 2.36 bits per heavy atom. The van der Waals surface area contributed by atoms with Gasteiger partial charge in [-0.05, 0) is 31.1 Å². The predicted molar refractivity (Wildman–Crippen MR) is 63.5 cm³/mol. The predicted octanol–water partition coefficient (Wildman–Crippen LogP) is 3.59. The van der Waals surface area contributed by atoms with Crippen molar-refractivity contribution in [2.24, 2.45) is 11.8 Å². The zero-order chi connectivity index (χ0) is 10.6. The van der Waals surface area contributed by atoms with Crippen molar-refractivity contribution in [3.8, 4) is 0 Å². The molecule has 0 unspecified atom stereocenters. The molecule has 0 aromatic heterocycles. The van der Waals surface area contributed by atoms with E-state index in [1.807, 2.05) is 0 Å². The van der Waals surface area contributed by atoms with E-state index in [4.69, 9.17) is 0 Å². The molecule has 0 spiro atoms. The van der Waals surface area contributed by atoms with Gasteiger partial charge in [0.05, 0.1) is 0 Å². The fourth-order valence-electron chi connectivity index (χ4n) is 2.62. The van der Waals surface area contributed by atoms with Gasteiger partial charge in [0, 0.05) is 12.1 Å². The Bertz CT molecular complexity index is 153. The first kappa shape index (κ1) is 12.0. The van der Waals surface area contributed by atoms with Crippen molar-refractivity contribution in [2.45, 2.75) is 71.9 Å². The molecular weight excluding hydrogens is 170 g/mol. The van der Waals surface area contributed by atoms with Crippen molar-refractivity contribution in [1.82, 2.24) is 5.32 Å². The Balaban J connectivity index is 2.39. The minimum atomic E-state index is 0.723. The molecule has 84 valence electrons. The van der Waals surface area contributed by atoms with Crippen LogP contribution in [0.3, 0.4) is 0 Å². The van der Waals surface area contributed by atoms with Crippen LogP contribution in [-0.4, -0.2) is 12.1 Å². The van der Waals surface area contributed by atoms with E-state index >= 15 is 0 Å². The molecule has 0 saturated heterocycles. The highest BCUT2D eigenvalue weighted by molar-refractivity contribution is 4.82. The van der Waals surface area contributed by atoms with Gasteiger partial charge in [-0.3, -0.25) is 0 Å². The maximum Gasteiger partial charge on any atom is 0.00953 e. The third kappa shape index (κ3) is 3.27. The third-order valence-corrected chi connectivity index (χ3v) is 3.78. The SMILES string of the molecule is CC[C@H](N[C@@H]1CCCC[C@H]1C)C(C)C. The Hall–Kier alpha value is -0.0400. The molecule has 3 atom stereocenters. The van der Waals surface area contributed by atoms with Crippen LogP contribution in [0.1, 0.15) is 59.8 Å². The second-order valence-electron chi connectivity index (χ2n) is 5.29. The second-order valence-corrected chi connectivity index (χ2v) is 5.29. The summed E-state index contributed by atoms with van der Waals surface area (Å²) < 4.78 is 0. The fraction of sp³-hybridized carbons (Fsp3) is 1.00. The van der Waals surface area contributed by atoms with E-state index in [0.29, 0.717) is 0 Å². The Kier molecular flexibility index (Phi) is 4.94. The van der Waals surface area contributed by atoms with Crippen LogP contribution < -0.4 is 5.32 Å². The quantitative estimate of drug-likeness (QED) is 0.726. The molecule has 1 heteroatoms. The third-order valence-electron chi connectivity index (χ3n) is 3.78. The molecule has 0 heterocycles. The Labute approximate surface area is 89.7 Å². The molecular formula is C13H27N. The average Bonchev–Trinajstić information content (AvgIpc) is 2.16. The van der Waals surface area contributed by atoms with Crippen LogP contribution in [0.15, 0.2) is 0 Å². The van der Waals surface area contributed by atoms with E-state index in [1.54, 1.807) is 0 Å². The van der Waals surface area contributed by atoms with Crippen LogP contribution in [0, 0.1) is 11.8 Å². The van der Waals surface area contributed by atoms with E-state index in [-0.39, 0.29) is 0 Å². The molecule has 0 aromatic carbocycles. The average molecular weight is 197 g/mol. The molecule has 1 N–H and O–H groups in total. The van der Waals surface area contributed by atoms with E-state index in [1.165, 1.54) is 32.1 Å². The van der Waals surface area contributed by atoms with Crippen molar-refractivity contribution in [1.29, 1.82) is 0 Å². The maximum absolute atomic E-state index is 3.85. The van der Waals surface area contributed by atoms with E-state index in [9.17, 15) is 0 Å².